The molecule has 2 aromatic rings. The molecular formula is C21H17ClFN3O3S. The van der Waals surface area contributed by atoms with Gasteiger partial charge in [-0.05, 0) is 35.2 Å². The number of anilines is 1. The van der Waals surface area contributed by atoms with Crippen molar-refractivity contribution in [3.8, 4) is 0 Å². The van der Waals surface area contributed by atoms with E-state index in [0.717, 1.165) is 4.90 Å². The Kier molecular flexibility index (Phi) is 5.78. The summed E-state index contributed by atoms with van der Waals surface area (Å²) < 4.78 is 13.2. The number of nitrogens with zero attached hydrogens (tertiary/aromatic N) is 2. The molecule has 4 amide bonds. The minimum Gasteiger partial charge on any atom is -0.323 e. The van der Waals surface area contributed by atoms with Crippen molar-refractivity contribution >= 4 is 46.9 Å². The molecule has 0 bridgehead atoms. The standard InChI is InChI=1S/C21H17ClFN3O3S/c22-15-3-1-2-4-16(15)24-18(27)12-25-17-9-10-30-19(17)20(28)26(21(25)29)11-13-5-7-14(23)8-6-13/h1-10,17,19H,11-12H2,(H,24,27). The van der Waals surface area contributed by atoms with E-state index in [1.165, 1.54) is 40.9 Å². The molecule has 9 heteroatoms. The van der Waals surface area contributed by atoms with Crippen molar-refractivity contribution < 1.29 is 18.8 Å². The van der Waals surface area contributed by atoms with E-state index in [9.17, 15) is 18.8 Å². The first-order chi connectivity index (χ1) is 14.4. The largest absolute Gasteiger partial charge is 0.328 e. The van der Waals surface area contributed by atoms with Crippen molar-refractivity contribution in [2.75, 3.05) is 11.9 Å². The highest BCUT2D eigenvalue weighted by molar-refractivity contribution is 8.03. The number of urea groups is 1. The Labute approximate surface area is 181 Å². The van der Waals surface area contributed by atoms with Gasteiger partial charge >= 0.3 is 6.03 Å². The van der Waals surface area contributed by atoms with Crippen molar-refractivity contribution in [1.82, 2.24) is 9.80 Å². The summed E-state index contributed by atoms with van der Waals surface area (Å²) in [5.74, 6) is -1.15. The molecule has 2 aliphatic rings. The van der Waals surface area contributed by atoms with Crippen LogP contribution >= 0.6 is 23.4 Å². The van der Waals surface area contributed by atoms with Gasteiger partial charge in [0.2, 0.25) is 11.8 Å². The second kappa shape index (κ2) is 8.49. The maximum atomic E-state index is 13.2. The Morgan fingerprint density at radius 2 is 1.87 bits per heavy atom. The Balaban J connectivity index is 1.53. The number of hydrogen-bond acceptors (Lipinski definition) is 4. The first-order valence-electron chi connectivity index (χ1n) is 9.17. The van der Waals surface area contributed by atoms with Gasteiger partial charge in [0.15, 0.2) is 0 Å². The minimum atomic E-state index is -0.563. The molecule has 2 atom stereocenters. The number of amides is 4. The third kappa shape index (κ3) is 4.06. The topological polar surface area (TPSA) is 69.7 Å². The molecule has 1 saturated heterocycles. The summed E-state index contributed by atoms with van der Waals surface area (Å²) in [5, 5.41) is 4.33. The van der Waals surface area contributed by atoms with Crippen LogP contribution in [0.25, 0.3) is 0 Å². The smallest absolute Gasteiger partial charge is 0.323 e. The summed E-state index contributed by atoms with van der Waals surface area (Å²) in [6.45, 7) is -0.228. The fourth-order valence-electron chi connectivity index (χ4n) is 3.39. The van der Waals surface area contributed by atoms with E-state index in [0.29, 0.717) is 16.3 Å². The maximum Gasteiger partial charge on any atom is 0.328 e. The predicted octanol–water partition coefficient (Wildman–Crippen LogP) is 3.88. The van der Waals surface area contributed by atoms with Crippen LogP contribution in [-0.4, -0.2) is 45.5 Å². The number of thioether (sulfide) groups is 1. The van der Waals surface area contributed by atoms with Crippen molar-refractivity contribution in [2.24, 2.45) is 0 Å². The number of imide groups is 1. The van der Waals surface area contributed by atoms with Gasteiger partial charge < -0.3 is 10.2 Å². The van der Waals surface area contributed by atoms with Gasteiger partial charge in [-0.2, -0.15) is 0 Å². The van der Waals surface area contributed by atoms with Crippen LogP contribution in [0.4, 0.5) is 14.9 Å². The molecule has 154 valence electrons. The van der Waals surface area contributed by atoms with Crippen LogP contribution in [0.5, 0.6) is 0 Å². The number of benzene rings is 2. The summed E-state index contributed by atoms with van der Waals surface area (Å²) >= 11 is 7.40. The fraction of sp³-hybridized carbons (Fsp3) is 0.190. The number of nitrogens with one attached hydrogen (secondary N) is 1. The molecule has 2 aromatic carbocycles. The van der Waals surface area contributed by atoms with Crippen LogP contribution in [0, 0.1) is 5.82 Å². The summed E-state index contributed by atoms with van der Waals surface area (Å²) in [6, 6.07) is 11.3. The van der Waals surface area contributed by atoms with E-state index >= 15 is 0 Å². The lowest BCUT2D eigenvalue weighted by Crippen LogP contribution is -2.62. The van der Waals surface area contributed by atoms with Crippen LogP contribution in [0.15, 0.2) is 60.0 Å². The fourth-order valence-corrected chi connectivity index (χ4v) is 4.64. The lowest BCUT2D eigenvalue weighted by molar-refractivity contribution is -0.132. The number of carbonyl (C=O) groups excluding carboxylic acids is 3. The molecule has 0 aromatic heterocycles. The summed E-state index contributed by atoms with van der Waals surface area (Å²) in [4.78, 5) is 41.1. The summed E-state index contributed by atoms with van der Waals surface area (Å²) in [6.07, 6.45) is 1.75. The van der Waals surface area contributed by atoms with Gasteiger partial charge in [-0.25, -0.2) is 9.18 Å². The first-order valence-corrected chi connectivity index (χ1v) is 10.5. The van der Waals surface area contributed by atoms with E-state index < -0.39 is 29.0 Å². The molecule has 0 aliphatic carbocycles. The molecular weight excluding hydrogens is 429 g/mol. The molecule has 4 rings (SSSR count). The van der Waals surface area contributed by atoms with Crippen molar-refractivity contribution in [1.29, 1.82) is 0 Å². The quantitative estimate of drug-likeness (QED) is 0.758. The lowest BCUT2D eigenvalue weighted by Gasteiger charge is -2.40. The number of fused-ring (bicyclic) bond motifs is 1. The third-order valence-corrected chi connectivity index (χ3v) is 6.29. The van der Waals surface area contributed by atoms with Crippen molar-refractivity contribution in [3.63, 3.8) is 0 Å². The molecule has 1 N–H and O–H groups in total. The summed E-state index contributed by atoms with van der Waals surface area (Å²) in [7, 11) is 0. The monoisotopic (exact) mass is 445 g/mol. The predicted molar refractivity (Wildman–Crippen MR) is 113 cm³/mol. The highest BCUT2D eigenvalue weighted by Crippen LogP contribution is 2.35. The van der Waals surface area contributed by atoms with Crippen molar-refractivity contribution in [2.45, 2.75) is 17.8 Å². The van der Waals surface area contributed by atoms with E-state index in [1.54, 1.807) is 35.7 Å². The van der Waals surface area contributed by atoms with Gasteiger partial charge in [0, 0.05) is 0 Å². The van der Waals surface area contributed by atoms with Crippen LogP contribution in [0.3, 0.4) is 0 Å². The molecule has 0 radical (unpaired) electrons. The second-order valence-electron chi connectivity index (χ2n) is 6.87. The molecule has 30 heavy (non-hydrogen) atoms. The Morgan fingerprint density at radius 1 is 1.13 bits per heavy atom. The normalized spacial score (nSPS) is 20.5. The van der Waals surface area contributed by atoms with E-state index in [4.69, 9.17) is 11.6 Å². The Hall–Kier alpha value is -2.84. The van der Waals surface area contributed by atoms with Crippen LogP contribution in [0.2, 0.25) is 5.02 Å². The highest BCUT2D eigenvalue weighted by atomic mass is 35.5. The maximum absolute atomic E-state index is 13.2. The van der Waals surface area contributed by atoms with Crippen molar-refractivity contribution in [3.05, 3.63) is 76.4 Å². The van der Waals surface area contributed by atoms with E-state index in [-0.39, 0.29) is 19.0 Å². The minimum absolute atomic E-state index is 0.00432. The molecule has 2 aliphatic heterocycles. The number of rotatable bonds is 5. The number of halogens is 2. The zero-order valence-electron chi connectivity index (χ0n) is 15.6. The highest BCUT2D eigenvalue weighted by Gasteiger charge is 2.47. The van der Waals surface area contributed by atoms with Gasteiger partial charge in [-0.3, -0.25) is 14.5 Å². The average Bonchev–Trinajstić information content (AvgIpc) is 3.22. The first kappa shape index (κ1) is 20.4. The van der Waals surface area contributed by atoms with Gasteiger partial charge in [0.25, 0.3) is 0 Å². The van der Waals surface area contributed by atoms with Gasteiger partial charge in [0.1, 0.15) is 17.6 Å². The SMILES string of the molecule is O=C(CN1C(=O)N(Cc2ccc(F)cc2)C(=O)C2SC=CC21)Nc1ccccc1Cl. The Bertz CT molecular complexity index is 1030. The number of hydrogen-bond donors (Lipinski definition) is 1. The van der Waals surface area contributed by atoms with Crippen LogP contribution in [-0.2, 0) is 16.1 Å². The lowest BCUT2D eigenvalue weighted by atomic mass is 10.1. The van der Waals surface area contributed by atoms with Crippen LogP contribution in [0.1, 0.15) is 5.56 Å². The third-order valence-electron chi connectivity index (χ3n) is 4.87. The summed E-state index contributed by atoms with van der Waals surface area (Å²) in [5.41, 5.74) is 1.06. The zero-order chi connectivity index (χ0) is 21.3. The average molecular weight is 446 g/mol. The molecule has 0 saturated carbocycles. The molecule has 1 fully saturated rings. The van der Waals surface area contributed by atoms with Gasteiger partial charge in [0.05, 0.1) is 23.3 Å². The van der Waals surface area contributed by atoms with Gasteiger partial charge in [-0.15, -0.1) is 11.8 Å². The second-order valence-corrected chi connectivity index (χ2v) is 8.32. The van der Waals surface area contributed by atoms with Crippen LogP contribution < -0.4 is 5.32 Å². The Morgan fingerprint density at radius 3 is 2.60 bits per heavy atom. The molecule has 6 nitrogen and oxygen atoms in total. The zero-order valence-corrected chi connectivity index (χ0v) is 17.2. The van der Waals surface area contributed by atoms with Gasteiger partial charge in [-0.1, -0.05) is 41.9 Å². The van der Waals surface area contributed by atoms with E-state index in [1.807, 2.05) is 0 Å². The van der Waals surface area contributed by atoms with E-state index in [2.05, 4.69) is 5.32 Å². The number of para-hydroxylation sites is 1. The molecule has 2 heterocycles. The molecule has 0 spiro atoms. The molecule has 2 unspecified atom stereocenters. The number of carbonyl (C=O) groups is 3.